The van der Waals surface area contributed by atoms with Crippen molar-refractivity contribution < 1.29 is 0 Å². The van der Waals surface area contributed by atoms with Gasteiger partial charge in [0.2, 0.25) is 0 Å². The Balaban J connectivity index is 2.04. The molecule has 0 heterocycles. The maximum absolute atomic E-state index is 3.63. The van der Waals surface area contributed by atoms with Crippen LogP contribution in [-0.2, 0) is 0 Å². The lowest BCUT2D eigenvalue weighted by molar-refractivity contribution is 0.363. The predicted octanol–water partition coefficient (Wildman–Crippen LogP) is 2.54. The Morgan fingerprint density at radius 2 is 1.73 bits per heavy atom. The fourth-order valence-electron chi connectivity index (χ4n) is 2.36. The van der Waals surface area contributed by atoms with Gasteiger partial charge in [0, 0.05) is 24.7 Å². The predicted molar refractivity (Wildman–Crippen MR) is 67.2 cm³/mol. The second kappa shape index (κ2) is 5.86. The Morgan fingerprint density at radius 3 is 2.27 bits per heavy atom. The molecular formula is C13H28N2. The zero-order valence-corrected chi connectivity index (χ0v) is 10.9. The van der Waals surface area contributed by atoms with Crippen LogP contribution in [0.15, 0.2) is 0 Å². The van der Waals surface area contributed by atoms with E-state index in [1.807, 2.05) is 0 Å². The summed E-state index contributed by atoms with van der Waals surface area (Å²) in [7, 11) is 0. The van der Waals surface area contributed by atoms with Crippen LogP contribution in [0.4, 0.5) is 0 Å². The second-order valence-electron chi connectivity index (χ2n) is 5.96. The number of hydrogen-bond donors (Lipinski definition) is 2. The van der Waals surface area contributed by atoms with E-state index in [9.17, 15) is 0 Å². The van der Waals surface area contributed by atoms with Gasteiger partial charge in [-0.05, 0) is 46.5 Å². The van der Waals surface area contributed by atoms with E-state index in [4.69, 9.17) is 0 Å². The van der Waals surface area contributed by atoms with Crippen molar-refractivity contribution in [3.8, 4) is 0 Å². The molecule has 0 spiro atoms. The summed E-state index contributed by atoms with van der Waals surface area (Å²) in [6.07, 6.45) is 5.75. The maximum Gasteiger partial charge on any atom is 0.00970 e. The van der Waals surface area contributed by atoms with Crippen LogP contribution in [-0.4, -0.2) is 24.7 Å². The van der Waals surface area contributed by atoms with Gasteiger partial charge in [0.25, 0.3) is 0 Å². The highest BCUT2D eigenvalue weighted by Gasteiger charge is 2.20. The van der Waals surface area contributed by atoms with Crippen molar-refractivity contribution in [1.82, 2.24) is 10.6 Å². The first-order valence-electron chi connectivity index (χ1n) is 6.47. The summed E-state index contributed by atoms with van der Waals surface area (Å²) in [4.78, 5) is 0. The smallest absolute Gasteiger partial charge is 0.00970 e. The first-order chi connectivity index (χ1) is 6.99. The lowest BCUT2D eigenvalue weighted by Gasteiger charge is -2.24. The van der Waals surface area contributed by atoms with Crippen molar-refractivity contribution in [2.45, 2.75) is 65.0 Å². The number of hydrogen-bond acceptors (Lipinski definition) is 2. The summed E-state index contributed by atoms with van der Waals surface area (Å²) < 4.78 is 0. The highest BCUT2D eigenvalue weighted by atomic mass is 15.0. The first-order valence-corrected chi connectivity index (χ1v) is 6.47. The van der Waals surface area contributed by atoms with Gasteiger partial charge in [-0.15, -0.1) is 0 Å². The third-order valence-electron chi connectivity index (χ3n) is 3.35. The topological polar surface area (TPSA) is 24.1 Å². The van der Waals surface area contributed by atoms with E-state index < -0.39 is 0 Å². The molecule has 1 aliphatic carbocycles. The van der Waals surface area contributed by atoms with Gasteiger partial charge in [0.15, 0.2) is 0 Å². The molecule has 1 rings (SSSR count). The average molecular weight is 212 g/mol. The minimum Gasteiger partial charge on any atom is -0.313 e. The molecule has 2 N–H and O–H groups in total. The van der Waals surface area contributed by atoms with Crippen LogP contribution in [0, 0.1) is 5.92 Å². The van der Waals surface area contributed by atoms with Gasteiger partial charge < -0.3 is 10.6 Å². The molecule has 0 bridgehead atoms. The molecule has 1 aliphatic rings. The molecule has 90 valence electrons. The van der Waals surface area contributed by atoms with Crippen LogP contribution in [0.3, 0.4) is 0 Å². The standard InChI is InChI=1S/C13H28N2/c1-11(12-7-5-6-8-12)14-9-10-15-13(2,3)4/h11-12,14-15H,5-10H2,1-4H3/t11-/m0/s1. The molecular weight excluding hydrogens is 184 g/mol. The van der Waals surface area contributed by atoms with Crippen LogP contribution in [0.5, 0.6) is 0 Å². The fraction of sp³-hybridized carbons (Fsp3) is 1.00. The summed E-state index contributed by atoms with van der Waals surface area (Å²) in [6, 6.07) is 0.703. The van der Waals surface area contributed by atoms with Crippen LogP contribution >= 0.6 is 0 Å². The minimum atomic E-state index is 0.248. The zero-order chi connectivity index (χ0) is 11.3. The van der Waals surface area contributed by atoms with Crippen molar-refractivity contribution in [3.63, 3.8) is 0 Å². The Labute approximate surface area is 95.2 Å². The van der Waals surface area contributed by atoms with Crippen molar-refractivity contribution in [1.29, 1.82) is 0 Å². The van der Waals surface area contributed by atoms with Gasteiger partial charge in [0.05, 0.1) is 0 Å². The Hall–Kier alpha value is -0.0800. The normalized spacial score (nSPS) is 20.8. The summed E-state index contributed by atoms with van der Waals surface area (Å²) in [6.45, 7) is 11.1. The average Bonchev–Trinajstić information content (AvgIpc) is 2.63. The van der Waals surface area contributed by atoms with E-state index in [1.165, 1.54) is 25.7 Å². The molecule has 1 saturated carbocycles. The second-order valence-corrected chi connectivity index (χ2v) is 5.96. The van der Waals surface area contributed by atoms with Gasteiger partial charge in [0.1, 0.15) is 0 Å². The molecule has 2 nitrogen and oxygen atoms in total. The van der Waals surface area contributed by atoms with E-state index >= 15 is 0 Å². The molecule has 2 heteroatoms. The van der Waals surface area contributed by atoms with Crippen LogP contribution in [0.2, 0.25) is 0 Å². The van der Waals surface area contributed by atoms with E-state index in [-0.39, 0.29) is 5.54 Å². The summed E-state index contributed by atoms with van der Waals surface area (Å²) in [5.41, 5.74) is 0.248. The minimum absolute atomic E-state index is 0.248. The molecule has 0 amide bonds. The van der Waals surface area contributed by atoms with Gasteiger partial charge in [-0.1, -0.05) is 12.8 Å². The van der Waals surface area contributed by atoms with E-state index in [0.717, 1.165) is 19.0 Å². The summed E-state index contributed by atoms with van der Waals surface area (Å²) in [5.74, 6) is 0.930. The van der Waals surface area contributed by atoms with Gasteiger partial charge in [-0.25, -0.2) is 0 Å². The van der Waals surface area contributed by atoms with E-state index in [2.05, 4.69) is 38.3 Å². The van der Waals surface area contributed by atoms with Crippen LogP contribution < -0.4 is 10.6 Å². The highest BCUT2D eigenvalue weighted by molar-refractivity contribution is 4.78. The Morgan fingerprint density at radius 1 is 1.13 bits per heavy atom. The molecule has 0 aromatic heterocycles. The first kappa shape index (κ1) is 13.0. The Kier molecular flexibility index (Phi) is 5.07. The SMILES string of the molecule is C[C@H](NCCNC(C)(C)C)C1CCCC1. The maximum atomic E-state index is 3.63. The molecule has 0 aliphatic heterocycles. The van der Waals surface area contributed by atoms with E-state index in [1.54, 1.807) is 0 Å². The molecule has 1 fully saturated rings. The monoisotopic (exact) mass is 212 g/mol. The molecule has 0 aromatic carbocycles. The van der Waals surface area contributed by atoms with E-state index in [0.29, 0.717) is 6.04 Å². The lowest BCUT2D eigenvalue weighted by Crippen LogP contribution is -2.43. The van der Waals surface area contributed by atoms with Crippen molar-refractivity contribution in [2.75, 3.05) is 13.1 Å². The van der Waals surface area contributed by atoms with Crippen LogP contribution in [0.25, 0.3) is 0 Å². The molecule has 15 heavy (non-hydrogen) atoms. The molecule has 0 saturated heterocycles. The van der Waals surface area contributed by atoms with Crippen molar-refractivity contribution >= 4 is 0 Å². The zero-order valence-electron chi connectivity index (χ0n) is 10.9. The third-order valence-corrected chi connectivity index (χ3v) is 3.35. The quantitative estimate of drug-likeness (QED) is 0.684. The molecule has 0 aromatic rings. The number of rotatable bonds is 5. The summed E-state index contributed by atoms with van der Waals surface area (Å²) >= 11 is 0. The van der Waals surface area contributed by atoms with Crippen molar-refractivity contribution in [3.05, 3.63) is 0 Å². The fourth-order valence-corrected chi connectivity index (χ4v) is 2.36. The molecule has 0 unspecified atom stereocenters. The molecule has 0 radical (unpaired) electrons. The van der Waals surface area contributed by atoms with Gasteiger partial charge >= 0.3 is 0 Å². The molecule has 1 atom stereocenters. The largest absolute Gasteiger partial charge is 0.313 e. The number of nitrogens with one attached hydrogen (secondary N) is 2. The van der Waals surface area contributed by atoms with Crippen LogP contribution in [0.1, 0.15) is 53.4 Å². The van der Waals surface area contributed by atoms with Gasteiger partial charge in [-0.3, -0.25) is 0 Å². The highest BCUT2D eigenvalue weighted by Crippen LogP contribution is 2.27. The van der Waals surface area contributed by atoms with Crippen molar-refractivity contribution in [2.24, 2.45) is 5.92 Å². The lowest BCUT2D eigenvalue weighted by atomic mass is 10.00. The van der Waals surface area contributed by atoms with Gasteiger partial charge in [-0.2, -0.15) is 0 Å². The third kappa shape index (κ3) is 5.53. The summed E-state index contributed by atoms with van der Waals surface area (Å²) in [5, 5.41) is 7.14. The Bertz CT molecular complexity index is 166.